The monoisotopic (exact) mass is 309 g/mol. The van der Waals surface area contributed by atoms with Crippen LogP contribution >= 0.6 is 0 Å². The summed E-state index contributed by atoms with van der Waals surface area (Å²) in [5.41, 5.74) is 2.20. The molecule has 0 bridgehead atoms. The van der Waals surface area contributed by atoms with Gasteiger partial charge in [-0.3, -0.25) is 0 Å². The zero-order valence-electron chi connectivity index (χ0n) is 12.8. The first-order chi connectivity index (χ1) is 11.1. The van der Waals surface area contributed by atoms with Gasteiger partial charge < -0.3 is 9.15 Å². The highest BCUT2D eigenvalue weighted by Gasteiger charge is 2.20. The fourth-order valence-corrected chi connectivity index (χ4v) is 1.97. The van der Waals surface area contributed by atoms with Gasteiger partial charge in [-0.05, 0) is 38.1 Å². The Bertz CT molecular complexity index is 797. The van der Waals surface area contributed by atoms with Crippen molar-refractivity contribution in [1.82, 2.24) is 15.2 Å². The predicted octanol–water partition coefficient (Wildman–Crippen LogP) is 3.36. The Kier molecular flexibility index (Phi) is 4.14. The van der Waals surface area contributed by atoms with Crippen molar-refractivity contribution in [3.63, 3.8) is 0 Å². The van der Waals surface area contributed by atoms with Crippen LogP contribution in [-0.4, -0.2) is 21.2 Å². The molecule has 0 N–H and O–H groups in total. The maximum atomic E-state index is 12.0. The summed E-state index contributed by atoms with van der Waals surface area (Å²) < 4.78 is 10.9. The van der Waals surface area contributed by atoms with Crippen LogP contribution in [0.2, 0.25) is 0 Å². The van der Waals surface area contributed by atoms with E-state index >= 15 is 0 Å². The second-order valence-electron chi connectivity index (χ2n) is 5.07. The third-order valence-corrected chi connectivity index (χ3v) is 3.24. The van der Waals surface area contributed by atoms with Gasteiger partial charge in [0.1, 0.15) is 5.69 Å². The normalized spacial score (nSPS) is 11.9. The van der Waals surface area contributed by atoms with Crippen molar-refractivity contribution in [2.45, 2.75) is 20.0 Å². The molecule has 0 saturated heterocycles. The average Bonchev–Trinajstić information content (AvgIpc) is 3.06. The van der Waals surface area contributed by atoms with Gasteiger partial charge in [-0.1, -0.05) is 23.8 Å². The number of pyridine rings is 1. The van der Waals surface area contributed by atoms with E-state index in [1.54, 1.807) is 25.1 Å². The summed E-state index contributed by atoms with van der Waals surface area (Å²) in [6, 6.07) is 12.8. The average molecular weight is 309 g/mol. The number of ether oxygens (including phenoxy) is 1. The second kappa shape index (κ2) is 6.39. The Balaban J connectivity index is 1.72. The van der Waals surface area contributed by atoms with Gasteiger partial charge >= 0.3 is 5.97 Å². The fourth-order valence-electron chi connectivity index (χ4n) is 1.97. The number of hydrogen-bond donors (Lipinski definition) is 0. The van der Waals surface area contributed by atoms with E-state index in [4.69, 9.17) is 9.15 Å². The number of carbonyl (C=O) groups is 1. The molecule has 6 heteroatoms. The van der Waals surface area contributed by atoms with Crippen LogP contribution in [0.15, 0.2) is 53.1 Å². The van der Waals surface area contributed by atoms with Crippen molar-refractivity contribution in [3.05, 3.63) is 65.8 Å². The first kappa shape index (κ1) is 14.9. The molecule has 6 nitrogen and oxygen atoms in total. The molecule has 0 aliphatic carbocycles. The topological polar surface area (TPSA) is 78.1 Å². The Morgan fingerprint density at radius 3 is 2.61 bits per heavy atom. The number of carbonyl (C=O) groups excluding carboxylic acids is 1. The summed E-state index contributed by atoms with van der Waals surface area (Å²) in [6.07, 6.45) is 0.875. The number of aryl methyl sites for hydroxylation is 1. The molecular formula is C17H15N3O3. The van der Waals surface area contributed by atoms with Crippen LogP contribution in [0, 0.1) is 6.92 Å². The molecule has 0 radical (unpaired) electrons. The van der Waals surface area contributed by atoms with Crippen molar-refractivity contribution < 1.29 is 13.9 Å². The Morgan fingerprint density at radius 1 is 1.13 bits per heavy atom. The predicted molar refractivity (Wildman–Crippen MR) is 82.5 cm³/mol. The maximum Gasteiger partial charge on any atom is 0.357 e. The first-order valence-electron chi connectivity index (χ1n) is 7.16. The van der Waals surface area contributed by atoms with E-state index < -0.39 is 12.1 Å². The van der Waals surface area contributed by atoms with E-state index in [1.807, 2.05) is 31.2 Å². The van der Waals surface area contributed by atoms with Crippen LogP contribution in [0.3, 0.4) is 0 Å². The van der Waals surface area contributed by atoms with Crippen molar-refractivity contribution in [2.75, 3.05) is 0 Å². The highest BCUT2D eigenvalue weighted by Crippen LogP contribution is 2.23. The lowest BCUT2D eigenvalue weighted by Gasteiger charge is -2.08. The van der Waals surface area contributed by atoms with Crippen LogP contribution in [0.25, 0.3) is 11.5 Å². The quantitative estimate of drug-likeness (QED) is 0.688. The molecule has 0 saturated carbocycles. The van der Waals surface area contributed by atoms with Crippen molar-refractivity contribution in [3.8, 4) is 11.5 Å². The standard InChI is InChI=1S/C17H15N3O3/c1-11-6-8-13(9-7-11)16-20-19-15(23-16)12(2)22-17(21)14-5-3-4-10-18-14/h3-10,12H,1-2H3/t12-/m0/s1. The molecule has 3 rings (SSSR count). The van der Waals surface area contributed by atoms with E-state index in [0.29, 0.717) is 5.89 Å². The summed E-state index contributed by atoms with van der Waals surface area (Å²) in [5, 5.41) is 7.94. The lowest BCUT2D eigenvalue weighted by atomic mass is 10.1. The van der Waals surface area contributed by atoms with Crippen LogP contribution in [-0.2, 0) is 4.74 Å². The molecular weight excluding hydrogens is 294 g/mol. The number of esters is 1. The van der Waals surface area contributed by atoms with Gasteiger partial charge in [-0.2, -0.15) is 0 Å². The molecule has 3 aromatic rings. The van der Waals surface area contributed by atoms with Gasteiger partial charge in [0.2, 0.25) is 5.89 Å². The smallest absolute Gasteiger partial charge is 0.357 e. The highest BCUT2D eigenvalue weighted by atomic mass is 16.6. The highest BCUT2D eigenvalue weighted by molar-refractivity contribution is 5.87. The lowest BCUT2D eigenvalue weighted by molar-refractivity contribution is 0.0273. The molecule has 2 aromatic heterocycles. The third-order valence-electron chi connectivity index (χ3n) is 3.24. The van der Waals surface area contributed by atoms with E-state index in [-0.39, 0.29) is 11.6 Å². The van der Waals surface area contributed by atoms with Gasteiger partial charge in [0.25, 0.3) is 5.89 Å². The molecule has 0 amide bonds. The summed E-state index contributed by atoms with van der Waals surface area (Å²) in [7, 11) is 0. The Morgan fingerprint density at radius 2 is 1.91 bits per heavy atom. The Labute approximate surface area is 133 Å². The first-order valence-corrected chi connectivity index (χ1v) is 7.16. The van der Waals surface area contributed by atoms with Crippen molar-refractivity contribution >= 4 is 5.97 Å². The number of rotatable bonds is 4. The van der Waals surface area contributed by atoms with Crippen LogP contribution in [0.1, 0.15) is 35.0 Å². The molecule has 23 heavy (non-hydrogen) atoms. The van der Waals surface area contributed by atoms with Crippen molar-refractivity contribution in [1.29, 1.82) is 0 Å². The van der Waals surface area contributed by atoms with Gasteiger partial charge in [0, 0.05) is 11.8 Å². The summed E-state index contributed by atoms with van der Waals surface area (Å²) in [5.74, 6) is 0.0961. The number of nitrogens with zero attached hydrogens (tertiary/aromatic N) is 3. The van der Waals surface area contributed by atoms with Crippen LogP contribution < -0.4 is 0 Å². The molecule has 1 atom stereocenters. The van der Waals surface area contributed by atoms with E-state index in [1.165, 1.54) is 6.20 Å². The molecule has 0 unspecified atom stereocenters. The summed E-state index contributed by atoms with van der Waals surface area (Å²) >= 11 is 0. The Hall–Kier alpha value is -3.02. The van der Waals surface area contributed by atoms with E-state index in [9.17, 15) is 4.79 Å². The molecule has 0 aliphatic heterocycles. The third kappa shape index (κ3) is 3.42. The molecule has 0 aliphatic rings. The minimum absolute atomic E-state index is 0.234. The number of benzene rings is 1. The van der Waals surface area contributed by atoms with Crippen molar-refractivity contribution in [2.24, 2.45) is 0 Å². The maximum absolute atomic E-state index is 12.0. The molecule has 0 spiro atoms. The minimum Gasteiger partial charge on any atom is -0.448 e. The van der Waals surface area contributed by atoms with Crippen LogP contribution in [0.4, 0.5) is 0 Å². The van der Waals surface area contributed by atoms with Gasteiger partial charge in [-0.15, -0.1) is 10.2 Å². The van der Waals surface area contributed by atoms with Gasteiger partial charge in [0.15, 0.2) is 6.10 Å². The molecule has 1 aromatic carbocycles. The zero-order chi connectivity index (χ0) is 16.2. The van der Waals surface area contributed by atoms with Crippen LogP contribution in [0.5, 0.6) is 0 Å². The minimum atomic E-state index is -0.656. The van der Waals surface area contributed by atoms with E-state index in [0.717, 1.165) is 11.1 Å². The molecule has 116 valence electrons. The number of aromatic nitrogens is 3. The molecule has 2 heterocycles. The number of hydrogen-bond acceptors (Lipinski definition) is 6. The zero-order valence-corrected chi connectivity index (χ0v) is 12.8. The SMILES string of the molecule is Cc1ccc(-c2nnc([C@H](C)OC(=O)c3ccccn3)o2)cc1. The van der Waals surface area contributed by atoms with Gasteiger partial charge in [-0.25, -0.2) is 9.78 Å². The van der Waals surface area contributed by atoms with Gasteiger partial charge in [0.05, 0.1) is 0 Å². The fraction of sp³-hybridized carbons (Fsp3) is 0.176. The summed E-state index contributed by atoms with van der Waals surface area (Å²) in [6.45, 7) is 3.68. The molecule has 0 fully saturated rings. The second-order valence-corrected chi connectivity index (χ2v) is 5.07. The summed E-state index contributed by atoms with van der Waals surface area (Å²) in [4.78, 5) is 15.9. The van der Waals surface area contributed by atoms with E-state index in [2.05, 4.69) is 15.2 Å². The lowest BCUT2D eigenvalue weighted by Crippen LogP contribution is -2.10. The largest absolute Gasteiger partial charge is 0.448 e.